The van der Waals surface area contributed by atoms with Crippen molar-refractivity contribution in [2.45, 2.75) is 18.9 Å². The number of benzene rings is 1. The monoisotopic (exact) mass is 222 g/mol. The molecule has 0 aliphatic carbocycles. The zero-order valence-electron chi connectivity index (χ0n) is 9.03. The number of amides is 1. The van der Waals surface area contributed by atoms with Gasteiger partial charge < -0.3 is 21.3 Å². The number of anilines is 1. The fraction of sp³-hybridized carbons (Fsp3) is 0.364. The van der Waals surface area contributed by atoms with E-state index in [0.29, 0.717) is 6.54 Å². The molecule has 0 saturated carbocycles. The molecule has 0 bridgehead atoms. The first-order valence-corrected chi connectivity index (χ1v) is 5.42. The van der Waals surface area contributed by atoms with Crippen molar-refractivity contribution < 1.29 is 15.6 Å². The third-order valence-corrected chi connectivity index (χ3v) is 2.76. The Labute approximate surface area is 93.8 Å². The molecule has 1 amide bonds. The van der Waals surface area contributed by atoms with Crippen molar-refractivity contribution in [3.8, 4) is 0 Å². The minimum Gasteiger partial charge on any atom is -0.627 e. The number of rotatable bonds is 2. The van der Waals surface area contributed by atoms with Crippen LogP contribution < -0.4 is 16.1 Å². The minimum atomic E-state index is -0.358. The van der Waals surface area contributed by atoms with Crippen molar-refractivity contribution >= 4 is 17.3 Å². The van der Waals surface area contributed by atoms with E-state index in [1.54, 1.807) is 0 Å². The second-order valence-corrected chi connectivity index (χ2v) is 4.08. The lowest BCUT2D eigenvalue weighted by atomic mass is 10.1. The molecular weight excluding hydrogens is 206 g/mol. The fourth-order valence-corrected chi connectivity index (χ4v) is 1.92. The molecule has 1 aromatic carbocycles. The third kappa shape index (κ3) is 2.38. The van der Waals surface area contributed by atoms with Gasteiger partial charge in [0, 0.05) is 11.8 Å². The SMILES string of the molecule is [NH3+]c1cccc(NC2CCC[NH+]([O-])C2=O)c1. The number of quaternary nitrogens is 2. The molecule has 1 heterocycles. The van der Waals surface area contributed by atoms with E-state index in [0.717, 1.165) is 24.2 Å². The summed E-state index contributed by atoms with van der Waals surface area (Å²) in [6.07, 6.45) is 1.51. The number of carbonyl (C=O) groups is 1. The van der Waals surface area contributed by atoms with Gasteiger partial charge in [0.25, 0.3) is 0 Å². The summed E-state index contributed by atoms with van der Waals surface area (Å²) in [5.74, 6) is -0.291. The van der Waals surface area contributed by atoms with Crippen LogP contribution in [0.2, 0.25) is 0 Å². The molecule has 1 aliphatic rings. The van der Waals surface area contributed by atoms with E-state index in [4.69, 9.17) is 0 Å². The molecule has 2 unspecified atom stereocenters. The second-order valence-electron chi connectivity index (χ2n) is 4.08. The van der Waals surface area contributed by atoms with Gasteiger partial charge >= 0.3 is 5.91 Å². The summed E-state index contributed by atoms with van der Waals surface area (Å²) < 4.78 is 0. The van der Waals surface area contributed by atoms with Crippen molar-refractivity contribution in [3.05, 3.63) is 29.5 Å². The lowest BCUT2D eigenvalue weighted by Gasteiger charge is -2.30. The molecule has 5 nitrogen and oxygen atoms in total. The predicted molar refractivity (Wildman–Crippen MR) is 59.8 cm³/mol. The normalized spacial score (nSPS) is 25.5. The molecule has 2 rings (SSSR count). The molecule has 5 N–H and O–H groups in total. The van der Waals surface area contributed by atoms with E-state index in [2.05, 4.69) is 11.1 Å². The van der Waals surface area contributed by atoms with Crippen LogP contribution in [0.3, 0.4) is 0 Å². The van der Waals surface area contributed by atoms with Crippen LogP contribution in [0.1, 0.15) is 12.8 Å². The largest absolute Gasteiger partial charge is 0.627 e. The molecule has 1 fully saturated rings. The maximum Gasteiger partial charge on any atom is 0.334 e. The van der Waals surface area contributed by atoms with E-state index in [1.807, 2.05) is 24.3 Å². The van der Waals surface area contributed by atoms with Crippen molar-refractivity contribution in [1.29, 1.82) is 0 Å². The maximum absolute atomic E-state index is 11.6. The van der Waals surface area contributed by atoms with Crippen molar-refractivity contribution in [3.63, 3.8) is 0 Å². The summed E-state index contributed by atoms with van der Waals surface area (Å²) in [4.78, 5) is 11.6. The Balaban J connectivity index is 2.06. The van der Waals surface area contributed by atoms with Crippen molar-refractivity contribution in [2.24, 2.45) is 0 Å². The van der Waals surface area contributed by atoms with Crippen LogP contribution in [0.5, 0.6) is 0 Å². The molecule has 16 heavy (non-hydrogen) atoms. The molecule has 0 aromatic heterocycles. The zero-order chi connectivity index (χ0) is 11.5. The summed E-state index contributed by atoms with van der Waals surface area (Å²) in [5, 5.41) is 14.1. The van der Waals surface area contributed by atoms with Gasteiger partial charge in [-0.3, -0.25) is 0 Å². The summed E-state index contributed by atoms with van der Waals surface area (Å²) >= 11 is 0. The van der Waals surface area contributed by atoms with Crippen molar-refractivity contribution in [2.75, 3.05) is 11.9 Å². The van der Waals surface area contributed by atoms with Crippen LogP contribution in [-0.2, 0) is 4.79 Å². The lowest BCUT2D eigenvalue weighted by Crippen LogP contribution is -3.12. The van der Waals surface area contributed by atoms with Crippen LogP contribution in [0, 0.1) is 5.21 Å². The first-order valence-electron chi connectivity index (χ1n) is 5.42. The van der Waals surface area contributed by atoms with Crippen LogP contribution in [0.15, 0.2) is 24.3 Å². The van der Waals surface area contributed by atoms with Gasteiger partial charge in [-0.2, -0.15) is 0 Å². The summed E-state index contributed by atoms with van der Waals surface area (Å²) in [5.41, 5.74) is 5.55. The Bertz CT molecular complexity index is 395. The Morgan fingerprint density at radius 2 is 2.31 bits per heavy atom. The molecule has 0 radical (unpaired) electrons. The van der Waals surface area contributed by atoms with Gasteiger partial charge in [-0.05, 0) is 25.0 Å². The Hall–Kier alpha value is -1.43. The second kappa shape index (κ2) is 4.61. The summed E-state index contributed by atoms with van der Waals surface area (Å²) in [7, 11) is 0. The molecule has 5 heteroatoms. The zero-order valence-corrected chi connectivity index (χ0v) is 9.03. The van der Waals surface area contributed by atoms with Gasteiger partial charge in [-0.1, -0.05) is 6.07 Å². The van der Waals surface area contributed by atoms with E-state index in [1.165, 1.54) is 0 Å². The first kappa shape index (κ1) is 11.1. The fourth-order valence-electron chi connectivity index (χ4n) is 1.92. The molecule has 1 aromatic rings. The van der Waals surface area contributed by atoms with E-state index in [9.17, 15) is 10.0 Å². The van der Waals surface area contributed by atoms with E-state index in [-0.39, 0.29) is 17.0 Å². The average molecular weight is 222 g/mol. The number of nitrogens with one attached hydrogen (secondary N) is 2. The third-order valence-electron chi connectivity index (χ3n) is 2.76. The van der Waals surface area contributed by atoms with Gasteiger partial charge in [0.2, 0.25) is 0 Å². The Morgan fingerprint density at radius 1 is 1.50 bits per heavy atom. The number of hydroxylamine groups is 2. The average Bonchev–Trinajstić information content (AvgIpc) is 2.25. The topological polar surface area (TPSA) is 84.2 Å². The Kier molecular flexibility index (Phi) is 3.19. The molecular formula is C11H16N3O2+. The highest BCUT2D eigenvalue weighted by atomic mass is 16.5. The minimum absolute atomic E-state index is 0.255. The Morgan fingerprint density at radius 3 is 3.06 bits per heavy atom. The van der Waals surface area contributed by atoms with Crippen molar-refractivity contribution in [1.82, 2.24) is 0 Å². The standard InChI is InChI=1S/C11H15N3O2/c12-8-3-1-4-9(7-8)13-10-5-2-6-14(16)11(10)15/h1,3-4,7,10,13-14H,2,5-6,12H2/p+1. The first-order chi connectivity index (χ1) is 7.66. The van der Waals surface area contributed by atoms with E-state index >= 15 is 0 Å². The van der Waals surface area contributed by atoms with Gasteiger partial charge in [0.05, 0.1) is 6.54 Å². The maximum atomic E-state index is 11.6. The quantitative estimate of drug-likeness (QED) is 0.564. The molecule has 1 aliphatic heterocycles. The van der Waals surface area contributed by atoms with Crippen LogP contribution >= 0.6 is 0 Å². The van der Waals surface area contributed by atoms with Crippen LogP contribution in [-0.4, -0.2) is 18.5 Å². The highest BCUT2D eigenvalue weighted by Gasteiger charge is 2.28. The number of hydrogen-bond donors (Lipinski definition) is 3. The van der Waals surface area contributed by atoms with Gasteiger partial charge in [0.1, 0.15) is 11.7 Å². The molecule has 1 saturated heterocycles. The highest BCUT2D eigenvalue weighted by molar-refractivity contribution is 5.77. The molecule has 86 valence electrons. The number of piperidine rings is 1. The number of hydrogen-bond acceptors (Lipinski definition) is 3. The molecule has 2 atom stereocenters. The lowest BCUT2D eigenvalue weighted by molar-refractivity contribution is -0.769. The van der Waals surface area contributed by atoms with Gasteiger partial charge in [-0.25, -0.2) is 4.79 Å². The van der Waals surface area contributed by atoms with Gasteiger partial charge in [-0.15, -0.1) is 0 Å². The van der Waals surface area contributed by atoms with Crippen LogP contribution in [0.25, 0.3) is 0 Å². The highest BCUT2D eigenvalue weighted by Crippen LogP contribution is 2.14. The van der Waals surface area contributed by atoms with Gasteiger partial charge in [0.15, 0.2) is 0 Å². The van der Waals surface area contributed by atoms with E-state index < -0.39 is 0 Å². The smallest absolute Gasteiger partial charge is 0.334 e. The van der Waals surface area contributed by atoms with Crippen LogP contribution in [0.4, 0.5) is 11.4 Å². The summed E-state index contributed by atoms with van der Waals surface area (Å²) in [6, 6.07) is 7.15. The molecule has 0 spiro atoms. The number of carbonyl (C=O) groups excluding carboxylic acids is 1. The predicted octanol–water partition coefficient (Wildman–Crippen LogP) is -0.956. The summed E-state index contributed by atoms with van der Waals surface area (Å²) in [6.45, 7) is 0.395.